The van der Waals surface area contributed by atoms with Gasteiger partial charge >= 0.3 is 0 Å². The summed E-state index contributed by atoms with van der Waals surface area (Å²) in [7, 11) is 0. The minimum atomic E-state index is -0.152. The van der Waals surface area contributed by atoms with Crippen molar-refractivity contribution in [3.63, 3.8) is 0 Å². The van der Waals surface area contributed by atoms with E-state index >= 15 is 0 Å². The van der Waals surface area contributed by atoms with E-state index in [1.54, 1.807) is 0 Å². The molecule has 1 N–H and O–H groups in total. The highest BCUT2D eigenvalue weighted by Gasteiger charge is 2.45. The molecule has 2 fully saturated rings. The maximum Gasteiger partial charge on any atom is 0.254 e. The summed E-state index contributed by atoms with van der Waals surface area (Å²) in [6, 6.07) is 9.40. The van der Waals surface area contributed by atoms with Crippen LogP contribution < -0.4 is 5.32 Å². The maximum atomic E-state index is 12.6. The van der Waals surface area contributed by atoms with Gasteiger partial charge in [0.05, 0.1) is 5.54 Å². The first kappa shape index (κ1) is 12.2. The van der Waals surface area contributed by atoms with Crippen LogP contribution in [0.4, 0.5) is 0 Å². The normalized spacial score (nSPS) is 26.5. The number of rotatable bonds is 1. The number of benzene rings is 1. The predicted octanol–water partition coefficient (Wildman–Crippen LogP) is 1.57. The van der Waals surface area contributed by atoms with Gasteiger partial charge in [-0.3, -0.25) is 9.59 Å². The average Bonchev–Trinajstić information content (AvgIpc) is 2.86. The van der Waals surface area contributed by atoms with Crippen LogP contribution in [0.3, 0.4) is 0 Å². The second-order valence-corrected chi connectivity index (χ2v) is 5.43. The third-order valence-corrected chi connectivity index (χ3v) is 4.29. The number of nitrogens with zero attached hydrogens (tertiary/aromatic N) is 1. The molecule has 4 nitrogen and oxygen atoms in total. The van der Waals surface area contributed by atoms with Crippen molar-refractivity contribution in [3.05, 3.63) is 35.9 Å². The van der Waals surface area contributed by atoms with E-state index in [2.05, 4.69) is 5.32 Å². The van der Waals surface area contributed by atoms with Crippen LogP contribution in [-0.4, -0.2) is 35.3 Å². The van der Waals surface area contributed by atoms with Crippen LogP contribution in [0.5, 0.6) is 0 Å². The first-order valence-electron chi connectivity index (χ1n) is 6.85. The molecule has 2 aliphatic rings. The third-order valence-electron chi connectivity index (χ3n) is 4.29. The van der Waals surface area contributed by atoms with Crippen molar-refractivity contribution < 1.29 is 9.59 Å². The van der Waals surface area contributed by atoms with E-state index in [1.165, 1.54) is 0 Å². The molecule has 1 unspecified atom stereocenters. The van der Waals surface area contributed by atoms with Gasteiger partial charge in [0, 0.05) is 25.1 Å². The Labute approximate surface area is 112 Å². The number of hydrogen-bond donors (Lipinski definition) is 1. The smallest absolute Gasteiger partial charge is 0.254 e. The number of carbonyl (C=O) groups excluding carboxylic acids is 2. The summed E-state index contributed by atoms with van der Waals surface area (Å²) in [6.07, 6.45) is 3.33. The highest BCUT2D eigenvalue weighted by molar-refractivity contribution is 5.95. The molecule has 100 valence electrons. The number of piperidine rings is 1. The zero-order valence-electron chi connectivity index (χ0n) is 10.9. The van der Waals surface area contributed by atoms with Crippen LogP contribution in [-0.2, 0) is 4.79 Å². The van der Waals surface area contributed by atoms with Gasteiger partial charge < -0.3 is 10.2 Å². The lowest BCUT2D eigenvalue weighted by atomic mass is 9.87. The van der Waals surface area contributed by atoms with E-state index in [4.69, 9.17) is 0 Å². The molecule has 0 aliphatic carbocycles. The fourth-order valence-electron chi connectivity index (χ4n) is 3.22. The van der Waals surface area contributed by atoms with Gasteiger partial charge in [0.1, 0.15) is 0 Å². The van der Waals surface area contributed by atoms with Gasteiger partial charge in [-0.05, 0) is 31.4 Å². The molecule has 0 saturated carbocycles. The minimum absolute atomic E-state index is 0.0919. The van der Waals surface area contributed by atoms with Crippen molar-refractivity contribution in [3.8, 4) is 0 Å². The molecule has 19 heavy (non-hydrogen) atoms. The van der Waals surface area contributed by atoms with Gasteiger partial charge in [0.2, 0.25) is 5.91 Å². The van der Waals surface area contributed by atoms with Crippen LogP contribution in [0.15, 0.2) is 30.3 Å². The number of hydrogen-bond acceptors (Lipinski definition) is 2. The van der Waals surface area contributed by atoms with E-state index in [0.29, 0.717) is 13.0 Å². The molecule has 1 atom stereocenters. The lowest BCUT2D eigenvalue weighted by molar-refractivity contribution is -0.124. The zero-order valence-corrected chi connectivity index (χ0v) is 10.9. The van der Waals surface area contributed by atoms with Gasteiger partial charge in [-0.2, -0.15) is 0 Å². The van der Waals surface area contributed by atoms with Gasteiger partial charge in [0.25, 0.3) is 5.91 Å². The maximum absolute atomic E-state index is 12.6. The molecule has 1 aromatic carbocycles. The SMILES string of the molecule is O=C1CCC2(CCCN2C(=O)c2ccccc2)CN1. The predicted molar refractivity (Wildman–Crippen MR) is 71.7 cm³/mol. The molecular formula is C15H18N2O2. The molecule has 0 aromatic heterocycles. The molecule has 1 spiro atoms. The topological polar surface area (TPSA) is 49.4 Å². The fraction of sp³-hybridized carbons (Fsp3) is 0.467. The summed E-state index contributed by atoms with van der Waals surface area (Å²) in [5, 5.41) is 2.92. The number of likely N-dealkylation sites (tertiary alicyclic amines) is 1. The number of nitrogens with one attached hydrogen (secondary N) is 1. The van der Waals surface area contributed by atoms with Crippen LogP contribution >= 0.6 is 0 Å². The van der Waals surface area contributed by atoms with Crippen molar-refractivity contribution in [1.29, 1.82) is 0 Å². The Morgan fingerprint density at radius 1 is 1.21 bits per heavy atom. The van der Waals surface area contributed by atoms with Gasteiger partial charge in [-0.1, -0.05) is 18.2 Å². The summed E-state index contributed by atoms with van der Waals surface area (Å²) in [4.78, 5) is 25.9. The number of amides is 2. The van der Waals surface area contributed by atoms with Crippen LogP contribution in [0, 0.1) is 0 Å². The highest BCUT2D eigenvalue weighted by Crippen LogP contribution is 2.36. The number of carbonyl (C=O) groups is 2. The van der Waals surface area contributed by atoms with E-state index in [9.17, 15) is 9.59 Å². The Balaban J connectivity index is 1.84. The van der Waals surface area contributed by atoms with Crippen molar-refractivity contribution >= 4 is 11.8 Å². The highest BCUT2D eigenvalue weighted by atomic mass is 16.2. The molecule has 2 saturated heterocycles. The fourth-order valence-corrected chi connectivity index (χ4v) is 3.22. The Morgan fingerprint density at radius 3 is 2.68 bits per heavy atom. The van der Waals surface area contributed by atoms with Gasteiger partial charge in [-0.15, -0.1) is 0 Å². The average molecular weight is 258 g/mol. The largest absolute Gasteiger partial charge is 0.354 e. The van der Waals surface area contributed by atoms with E-state index in [1.807, 2.05) is 35.2 Å². The summed E-state index contributed by atoms with van der Waals surface area (Å²) in [6.45, 7) is 1.40. The third kappa shape index (κ3) is 2.11. The molecule has 0 radical (unpaired) electrons. The zero-order chi connectivity index (χ0) is 13.3. The standard InChI is InChI=1S/C15H18N2O2/c18-13-7-9-15(11-16-13)8-4-10-17(15)14(19)12-5-2-1-3-6-12/h1-3,5-6H,4,7-11H2,(H,16,18). The Kier molecular flexibility index (Phi) is 3.01. The van der Waals surface area contributed by atoms with Crippen molar-refractivity contribution in [2.75, 3.05) is 13.1 Å². The first-order chi connectivity index (χ1) is 9.21. The first-order valence-corrected chi connectivity index (χ1v) is 6.85. The molecule has 0 bridgehead atoms. The molecule has 2 heterocycles. The van der Waals surface area contributed by atoms with Gasteiger partial charge in [0.15, 0.2) is 0 Å². The molecule has 2 amide bonds. The van der Waals surface area contributed by atoms with E-state index < -0.39 is 0 Å². The molecule has 2 aliphatic heterocycles. The summed E-state index contributed by atoms with van der Waals surface area (Å²) in [5.41, 5.74) is 0.585. The Morgan fingerprint density at radius 2 is 2.00 bits per heavy atom. The Hall–Kier alpha value is -1.84. The second kappa shape index (κ2) is 4.68. The van der Waals surface area contributed by atoms with Crippen LogP contribution in [0.25, 0.3) is 0 Å². The quantitative estimate of drug-likeness (QED) is 0.831. The van der Waals surface area contributed by atoms with Crippen molar-refractivity contribution in [2.45, 2.75) is 31.2 Å². The monoisotopic (exact) mass is 258 g/mol. The van der Waals surface area contributed by atoms with Gasteiger partial charge in [-0.25, -0.2) is 0 Å². The van der Waals surface area contributed by atoms with Crippen LogP contribution in [0.2, 0.25) is 0 Å². The van der Waals surface area contributed by atoms with E-state index in [-0.39, 0.29) is 17.4 Å². The summed E-state index contributed by atoms with van der Waals surface area (Å²) < 4.78 is 0. The molecular weight excluding hydrogens is 240 g/mol. The minimum Gasteiger partial charge on any atom is -0.354 e. The molecule has 1 aromatic rings. The lowest BCUT2D eigenvalue weighted by Crippen LogP contribution is -2.57. The van der Waals surface area contributed by atoms with Crippen LogP contribution in [0.1, 0.15) is 36.0 Å². The van der Waals surface area contributed by atoms with Crippen molar-refractivity contribution in [2.24, 2.45) is 0 Å². The second-order valence-electron chi connectivity index (χ2n) is 5.43. The summed E-state index contributed by atoms with van der Waals surface area (Å²) in [5.74, 6) is 0.193. The summed E-state index contributed by atoms with van der Waals surface area (Å²) >= 11 is 0. The van der Waals surface area contributed by atoms with E-state index in [0.717, 1.165) is 31.4 Å². The van der Waals surface area contributed by atoms with Crippen molar-refractivity contribution in [1.82, 2.24) is 10.2 Å². The Bertz CT molecular complexity index is 488. The lowest BCUT2D eigenvalue weighted by Gasteiger charge is -2.41. The molecule has 4 heteroatoms. The molecule has 3 rings (SSSR count).